The fraction of sp³-hybridized carbons (Fsp3) is 0.118. The highest BCUT2D eigenvalue weighted by Gasteiger charge is 2.13. The van der Waals surface area contributed by atoms with Crippen LogP contribution in [-0.2, 0) is 21.3 Å². The molecule has 0 saturated carbocycles. The van der Waals surface area contributed by atoms with Gasteiger partial charge in [0.15, 0.2) is 0 Å². The number of amides is 1. The number of carbonyl (C=O) groups excluding carboxylic acids is 1. The molecule has 5 heteroatoms. The number of nitrogens with two attached hydrogens (primary N) is 1. The van der Waals surface area contributed by atoms with E-state index in [1.807, 2.05) is 54.6 Å². The van der Waals surface area contributed by atoms with Crippen molar-refractivity contribution in [3.05, 3.63) is 60.2 Å². The molecule has 1 aromatic heterocycles. The third-order valence-electron chi connectivity index (χ3n) is 3.33. The second-order valence-electron chi connectivity index (χ2n) is 5.00. The summed E-state index contributed by atoms with van der Waals surface area (Å²) in [5.41, 5.74) is 7.67. The summed E-state index contributed by atoms with van der Waals surface area (Å²) in [5, 5.41) is 1.02. The molecular formula is C17H15NO3S. The summed E-state index contributed by atoms with van der Waals surface area (Å²) in [6.45, 7) is 0. The van der Waals surface area contributed by atoms with Gasteiger partial charge in [-0.1, -0.05) is 42.5 Å². The quantitative estimate of drug-likeness (QED) is 0.787. The highest BCUT2D eigenvalue weighted by atomic mass is 32.2. The van der Waals surface area contributed by atoms with Gasteiger partial charge >= 0.3 is 0 Å². The highest BCUT2D eigenvalue weighted by molar-refractivity contribution is 7.84. The first kappa shape index (κ1) is 14.5. The van der Waals surface area contributed by atoms with Crippen molar-refractivity contribution in [2.45, 2.75) is 5.75 Å². The van der Waals surface area contributed by atoms with Crippen molar-refractivity contribution in [1.82, 2.24) is 0 Å². The molecule has 4 nitrogen and oxygen atoms in total. The number of benzene rings is 2. The average Bonchev–Trinajstić information content (AvgIpc) is 2.90. The lowest BCUT2D eigenvalue weighted by atomic mass is 10.1. The summed E-state index contributed by atoms with van der Waals surface area (Å²) in [6, 6.07) is 17.3. The third-order valence-corrected chi connectivity index (χ3v) is 4.57. The van der Waals surface area contributed by atoms with E-state index >= 15 is 0 Å². The predicted octanol–water partition coefficient (Wildman–Crippen LogP) is 2.83. The minimum Gasteiger partial charge on any atom is -0.456 e. The molecule has 2 N–H and O–H groups in total. The van der Waals surface area contributed by atoms with Crippen LogP contribution in [0.25, 0.3) is 22.3 Å². The molecule has 112 valence electrons. The van der Waals surface area contributed by atoms with E-state index in [0.717, 1.165) is 27.9 Å². The molecule has 1 unspecified atom stereocenters. The molecule has 1 atom stereocenters. The van der Waals surface area contributed by atoms with Crippen LogP contribution in [0, 0.1) is 0 Å². The number of hydrogen-bond donors (Lipinski definition) is 1. The molecule has 0 fully saturated rings. The van der Waals surface area contributed by atoms with E-state index in [1.54, 1.807) is 0 Å². The fourth-order valence-electron chi connectivity index (χ4n) is 2.38. The minimum absolute atomic E-state index is 0.130. The van der Waals surface area contributed by atoms with Gasteiger partial charge in [0.2, 0.25) is 5.91 Å². The van der Waals surface area contributed by atoms with Crippen molar-refractivity contribution in [1.29, 1.82) is 0 Å². The Morgan fingerprint density at radius 1 is 1.09 bits per heavy atom. The smallest absolute Gasteiger partial charge is 0.230 e. The van der Waals surface area contributed by atoms with E-state index in [-0.39, 0.29) is 11.5 Å². The zero-order valence-corrected chi connectivity index (χ0v) is 12.6. The molecule has 0 aliphatic rings. The Bertz CT molecular complexity index is 821. The van der Waals surface area contributed by atoms with Crippen LogP contribution >= 0.6 is 0 Å². The number of fused-ring (bicyclic) bond motifs is 1. The number of primary amides is 1. The second kappa shape index (κ2) is 6.15. The first-order chi connectivity index (χ1) is 10.6. The van der Waals surface area contributed by atoms with Gasteiger partial charge in [0.1, 0.15) is 17.1 Å². The molecule has 3 aromatic rings. The number of carbonyl (C=O) groups is 1. The van der Waals surface area contributed by atoms with Gasteiger partial charge in [-0.3, -0.25) is 9.00 Å². The van der Waals surface area contributed by atoms with Crippen molar-refractivity contribution in [2.75, 3.05) is 5.75 Å². The van der Waals surface area contributed by atoms with Crippen LogP contribution in [0.15, 0.2) is 59.0 Å². The topological polar surface area (TPSA) is 73.3 Å². The van der Waals surface area contributed by atoms with Crippen LogP contribution in [-0.4, -0.2) is 15.9 Å². The Labute approximate surface area is 130 Å². The Balaban J connectivity index is 1.97. The van der Waals surface area contributed by atoms with E-state index in [9.17, 15) is 9.00 Å². The van der Waals surface area contributed by atoms with Gasteiger partial charge < -0.3 is 10.2 Å². The molecule has 3 rings (SSSR count). The Morgan fingerprint density at radius 3 is 2.59 bits per heavy atom. The highest BCUT2D eigenvalue weighted by Crippen LogP contribution is 2.30. The van der Waals surface area contributed by atoms with Crippen molar-refractivity contribution < 1.29 is 13.4 Å². The monoisotopic (exact) mass is 313 g/mol. The summed E-state index contributed by atoms with van der Waals surface area (Å²) in [4.78, 5) is 10.9. The SMILES string of the molecule is NC(=O)CS(=O)Cc1ccccc1-c1cc2ccccc2o1. The third kappa shape index (κ3) is 3.09. The van der Waals surface area contributed by atoms with E-state index in [1.165, 1.54) is 0 Å². The molecule has 0 bridgehead atoms. The average molecular weight is 313 g/mol. The molecule has 0 aliphatic carbocycles. The van der Waals surface area contributed by atoms with Gasteiger partial charge in [0.25, 0.3) is 0 Å². The molecule has 2 aromatic carbocycles. The number of para-hydroxylation sites is 1. The lowest BCUT2D eigenvalue weighted by molar-refractivity contribution is -0.115. The Hall–Kier alpha value is -2.40. The van der Waals surface area contributed by atoms with Crippen LogP contribution in [0.2, 0.25) is 0 Å². The zero-order valence-electron chi connectivity index (χ0n) is 11.8. The van der Waals surface area contributed by atoms with E-state index in [2.05, 4.69) is 0 Å². The Morgan fingerprint density at radius 2 is 1.82 bits per heavy atom. The van der Waals surface area contributed by atoms with Crippen LogP contribution in [0.3, 0.4) is 0 Å². The summed E-state index contributed by atoms with van der Waals surface area (Å²) < 4.78 is 17.8. The van der Waals surface area contributed by atoms with E-state index in [4.69, 9.17) is 10.2 Å². The molecule has 1 heterocycles. The maximum atomic E-state index is 12.0. The zero-order chi connectivity index (χ0) is 15.5. The van der Waals surface area contributed by atoms with Crippen molar-refractivity contribution in [3.63, 3.8) is 0 Å². The lowest BCUT2D eigenvalue weighted by Gasteiger charge is -2.06. The second-order valence-corrected chi connectivity index (χ2v) is 6.46. The maximum Gasteiger partial charge on any atom is 0.230 e. The molecule has 0 saturated heterocycles. The summed E-state index contributed by atoms with van der Waals surface area (Å²) >= 11 is 0. The van der Waals surface area contributed by atoms with Gasteiger partial charge in [-0.2, -0.15) is 0 Å². The molecule has 1 amide bonds. The molecule has 0 spiro atoms. The van der Waals surface area contributed by atoms with Crippen LogP contribution in [0.5, 0.6) is 0 Å². The molecule has 0 radical (unpaired) electrons. The molecule has 0 aliphatic heterocycles. The van der Waals surface area contributed by atoms with Gasteiger partial charge in [-0.25, -0.2) is 0 Å². The molecule has 22 heavy (non-hydrogen) atoms. The van der Waals surface area contributed by atoms with Gasteiger partial charge in [0.05, 0.1) is 0 Å². The maximum absolute atomic E-state index is 12.0. The first-order valence-corrected chi connectivity index (χ1v) is 8.32. The van der Waals surface area contributed by atoms with Gasteiger partial charge in [-0.05, 0) is 17.7 Å². The van der Waals surface area contributed by atoms with E-state index < -0.39 is 16.7 Å². The first-order valence-electron chi connectivity index (χ1n) is 6.83. The van der Waals surface area contributed by atoms with E-state index in [0.29, 0.717) is 0 Å². The normalized spacial score (nSPS) is 12.4. The Kier molecular flexibility index (Phi) is 4.06. The van der Waals surface area contributed by atoms with Gasteiger partial charge in [0, 0.05) is 27.5 Å². The van der Waals surface area contributed by atoms with Gasteiger partial charge in [-0.15, -0.1) is 0 Å². The standard InChI is InChI=1S/C17H15NO3S/c18-17(19)11-22(20)10-13-6-1-3-7-14(13)16-9-12-5-2-4-8-15(12)21-16/h1-9H,10-11H2,(H2,18,19). The summed E-state index contributed by atoms with van der Waals surface area (Å²) in [5.74, 6) is 0.317. The van der Waals surface area contributed by atoms with Crippen molar-refractivity contribution >= 4 is 27.7 Å². The predicted molar refractivity (Wildman–Crippen MR) is 87.6 cm³/mol. The minimum atomic E-state index is -1.32. The van der Waals surface area contributed by atoms with Crippen LogP contribution in [0.1, 0.15) is 5.56 Å². The van der Waals surface area contributed by atoms with Crippen molar-refractivity contribution in [3.8, 4) is 11.3 Å². The summed E-state index contributed by atoms with van der Waals surface area (Å²) in [7, 11) is -1.32. The molecular weight excluding hydrogens is 298 g/mol. The van der Waals surface area contributed by atoms with Crippen LogP contribution < -0.4 is 5.73 Å². The largest absolute Gasteiger partial charge is 0.456 e. The van der Waals surface area contributed by atoms with Crippen molar-refractivity contribution in [2.24, 2.45) is 5.73 Å². The lowest BCUT2D eigenvalue weighted by Crippen LogP contribution is -2.20. The summed E-state index contributed by atoms with van der Waals surface area (Å²) in [6.07, 6.45) is 0. The van der Waals surface area contributed by atoms with Crippen LogP contribution in [0.4, 0.5) is 0 Å². The number of furan rings is 1. The number of rotatable bonds is 5. The number of hydrogen-bond acceptors (Lipinski definition) is 3. The fourth-order valence-corrected chi connectivity index (χ4v) is 3.40.